The van der Waals surface area contributed by atoms with Crippen molar-refractivity contribution in [3.05, 3.63) is 95.1 Å². The Morgan fingerprint density at radius 3 is 2.19 bits per heavy atom. The Morgan fingerprint density at radius 2 is 1.55 bits per heavy atom. The summed E-state index contributed by atoms with van der Waals surface area (Å²) in [5.74, 6) is -1.97. The van der Waals surface area contributed by atoms with Gasteiger partial charge in [0.2, 0.25) is 0 Å². The van der Waals surface area contributed by atoms with Gasteiger partial charge in [-0.25, -0.2) is 0 Å². The summed E-state index contributed by atoms with van der Waals surface area (Å²) in [4.78, 5) is 34.1. The van der Waals surface area contributed by atoms with Crippen LogP contribution < -0.4 is 0 Å². The molecule has 0 spiro atoms. The highest BCUT2D eigenvalue weighted by molar-refractivity contribution is 5.91. The molecule has 5 rings (SSSR count). The normalized spacial score (nSPS) is 34.7. The first-order valence-electron chi connectivity index (χ1n) is 21.3. The number of carbonyl (C=O) groups is 2. The summed E-state index contributed by atoms with van der Waals surface area (Å²) in [6, 6.07) is 18.0. The van der Waals surface area contributed by atoms with Crippen molar-refractivity contribution in [2.45, 2.75) is 129 Å². The number of allylic oxidation sites excluding steroid dienone is 3. The van der Waals surface area contributed by atoms with Crippen LogP contribution >= 0.6 is 0 Å². The fourth-order valence-electron chi connectivity index (χ4n) is 9.09. The summed E-state index contributed by atoms with van der Waals surface area (Å²) < 4.78 is 19.2. The Labute approximate surface area is 346 Å². The molecule has 0 saturated carbocycles. The van der Waals surface area contributed by atoms with Crippen LogP contribution in [0.5, 0.6) is 0 Å². The second-order valence-corrected chi connectivity index (χ2v) is 17.5. The molecule has 1 fully saturated rings. The van der Waals surface area contributed by atoms with E-state index < -0.39 is 60.8 Å². The van der Waals surface area contributed by atoms with E-state index >= 15 is 0 Å². The monoisotopic (exact) mass is 804 g/mol. The maximum absolute atomic E-state index is 13.9. The first-order valence-corrected chi connectivity index (χ1v) is 21.3. The van der Waals surface area contributed by atoms with Crippen molar-refractivity contribution in [1.29, 1.82) is 0 Å². The SMILES string of the molecule is CC[C@H]1OC(=O)C[C@@H](O)[C@H](C)[C@@H](O[C@@H]2O[C@H](C)[C@@H](O)[C@H](N(C)C)[C@H]2O)[C@@H](CCN2Cc3ccccc3C2)C[C@@H](C)C(=O)/C=C/C(C)=C/[C@@H]1CN(C)Cc1ccccc1. The van der Waals surface area contributed by atoms with E-state index in [0.29, 0.717) is 32.4 Å². The van der Waals surface area contributed by atoms with Crippen LogP contribution in [0.25, 0.3) is 0 Å². The Hall–Kier alpha value is -3.26. The maximum Gasteiger partial charge on any atom is 0.308 e. The lowest BCUT2D eigenvalue weighted by Gasteiger charge is -2.46. The molecule has 0 bridgehead atoms. The largest absolute Gasteiger partial charge is 0.462 e. The van der Waals surface area contributed by atoms with Crippen molar-refractivity contribution in [2.75, 3.05) is 34.2 Å². The number of hydrogen-bond acceptors (Lipinski definition) is 11. The molecule has 3 N–H and O–H groups in total. The Bertz CT molecular complexity index is 1660. The molecule has 1 saturated heterocycles. The van der Waals surface area contributed by atoms with Crippen LogP contribution in [0, 0.1) is 23.7 Å². The molecule has 3 heterocycles. The molecule has 58 heavy (non-hydrogen) atoms. The van der Waals surface area contributed by atoms with Crippen molar-refractivity contribution < 1.29 is 39.1 Å². The predicted molar refractivity (Wildman–Crippen MR) is 225 cm³/mol. The van der Waals surface area contributed by atoms with E-state index in [9.17, 15) is 24.9 Å². The lowest BCUT2D eigenvalue weighted by molar-refractivity contribution is -0.304. The molecule has 12 atom stereocenters. The highest BCUT2D eigenvalue weighted by atomic mass is 16.7. The number of esters is 1. The van der Waals surface area contributed by atoms with E-state index in [0.717, 1.165) is 25.2 Å². The average molecular weight is 804 g/mol. The first kappa shape index (κ1) is 45.8. The van der Waals surface area contributed by atoms with Gasteiger partial charge in [0.05, 0.1) is 36.9 Å². The lowest BCUT2D eigenvalue weighted by atomic mass is 9.79. The Morgan fingerprint density at radius 1 is 0.897 bits per heavy atom. The van der Waals surface area contributed by atoms with Crippen molar-refractivity contribution in [2.24, 2.45) is 23.7 Å². The van der Waals surface area contributed by atoms with Crippen LogP contribution in [0.15, 0.2) is 78.4 Å². The van der Waals surface area contributed by atoms with Gasteiger partial charge in [-0.05, 0) is 89.5 Å². The predicted octanol–water partition coefficient (Wildman–Crippen LogP) is 5.36. The van der Waals surface area contributed by atoms with Gasteiger partial charge in [0.25, 0.3) is 0 Å². The number of fused-ring (bicyclic) bond motifs is 1. The third-order valence-corrected chi connectivity index (χ3v) is 12.5. The van der Waals surface area contributed by atoms with Crippen molar-refractivity contribution >= 4 is 11.8 Å². The molecule has 2 aromatic carbocycles. The van der Waals surface area contributed by atoms with Crippen LogP contribution in [0.4, 0.5) is 0 Å². The topological polar surface area (TPSA) is 132 Å². The van der Waals surface area contributed by atoms with Gasteiger partial charge in [-0.3, -0.25) is 14.5 Å². The zero-order valence-corrected chi connectivity index (χ0v) is 35.9. The van der Waals surface area contributed by atoms with Gasteiger partial charge in [-0.15, -0.1) is 0 Å². The van der Waals surface area contributed by atoms with Crippen LogP contribution in [-0.2, 0) is 43.4 Å². The van der Waals surface area contributed by atoms with E-state index in [1.165, 1.54) is 16.7 Å². The van der Waals surface area contributed by atoms with Crippen molar-refractivity contribution in [1.82, 2.24) is 14.7 Å². The number of cyclic esters (lactones) is 1. The molecule has 0 radical (unpaired) electrons. The number of ketones is 1. The molecule has 3 aliphatic heterocycles. The third kappa shape index (κ3) is 12.2. The number of aliphatic hydroxyl groups excluding tert-OH is 3. The number of carbonyl (C=O) groups excluding carboxylic acids is 2. The fourth-order valence-corrected chi connectivity index (χ4v) is 9.09. The smallest absolute Gasteiger partial charge is 0.308 e. The third-order valence-electron chi connectivity index (χ3n) is 12.5. The molecule has 0 amide bonds. The number of hydrogen-bond donors (Lipinski definition) is 3. The average Bonchev–Trinajstić information content (AvgIpc) is 3.61. The lowest BCUT2D eigenvalue weighted by Crippen LogP contribution is -2.63. The fraction of sp³-hybridized carbons (Fsp3) is 0.617. The number of likely N-dealkylation sites (N-methyl/N-ethyl adjacent to an activating group) is 1. The van der Waals surface area contributed by atoms with Gasteiger partial charge in [0, 0.05) is 43.9 Å². The Kier molecular flexibility index (Phi) is 16.8. The second kappa shape index (κ2) is 21.3. The molecule has 0 unspecified atom stereocenters. The summed E-state index contributed by atoms with van der Waals surface area (Å²) in [6.45, 7) is 13.2. The first-order chi connectivity index (χ1) is 27.6. The van der Waals surface area contributed by atoms with Gasteiger partial charge in [-0.1, -0.05) is 93.1 Å². The van der Waals surface area contributed by atoms with Gasteiger partial charge in [0.15, 0.2) is 12.1 Å². The molecule has 2 aromatic rings. The van der Waals surface area contributed by atoms with E-state index in [2.05, 4.69) is 52.3 Å². The number of ether oxygens (including phenoxy) is 3. The number of rotatable bonds is 11. The summed E-state index contributed by atoms with van der Waals surface area (Å²) in [7, 11) is 5.63. The van der Waals surface area contributed by atoms with Gasteiger partial charge in [0.1, 0.15) is 12.2 Å². The zero-order valence-electron chi connectivity index (χ0n) is 35.9. The molecule has 11 heteroatoms. The highest BCUT2D eigenvalue weighted by Gasteiger charge is 2.47. The highest BCUT2D eigenvalue weighted by Crippen LogP contribution is 2.35. The van der Waals surface area contributed by atoms with Crippen molar-refractivity contribution in [3.8, 4) is 0 Å². The molecular formula is C47H69N3O8. The Balaban J connectivity index is 1.46. The molecule has 11 nitrogen and oxygen atoms in total. The molecule has 0 aromatic heterocycles. The minimum atomic E-state index is -1.20. The molecular weight excluding hydrogens is 735 g/mol. The van der Waals surface area contributed by atoms with E-state index in [1.807, 2.05) is 59.0 Å². The van der Waals surface area contributed by atoms with E-state index in [1.54, 1.807) is 32.0 Å². The van der Waals surface area contributed by atoms with E-state index in [-0.39, 0.29) is 30.0 Å². The molecule has 320 valence electrons. The standard InChI is InChI=1S/C47H69N3O8/c1-9-41-38(27-49(8)26-34-15-11-10-12-16-34)23-30(2)19-20-39(51)31(3)24-35(21-22-50-28-36-17-13-14-18-37(36)29-50)46(32(4)40(52)25-42(53)57-41)58-47-45(55)43(48(6)7)44(54)33(5)56-47/h10-20,23,31-33,35,38,40-41,43-47,52,54-55H,9,21-22,24-29H2,1-8H3/b20-19+,30-23+/t31-,32+,33-,35+,38-,40-,41-,43+,44-,45-,46-,47+/m1/s1. The molecule has 3 aliphatic rings. The quantitative estimate of drug-likeness (QED) is 0.254. The van der Waals surface area contributed by atoms with Gasteiger partial charge < -0.3 is 39.3 Å². The van der Waals surface area contributed by atoms with Crippen LogP contribution in [0.3, 0.4) is 0 Å². The number of nitrogens with zero attached hydrogens (tertiary/aromatic N) is 3. The summed E-state index contributed by atoms with van der Waals surface area (Å²) in [5, 5.41) is 34.5. The number of aliphatic hydroxyl groups is 3. The zero-order chi connectivity index (χ0) is 42.1. The second-order valence-electron chi connectivity index (χ2n) is 17.5. The van der Waals surface area contributed by atoms with Crippen LogP contribution in [0.1, 0.15) is 77.0 Å². The summed E-state index contributed by atoms with van der Waals surface area (Å²) in [5.41, 5.74) is 4.67. The molecule has 0 aliphatic carbocycles. The van der Waals surface area contributed by atoms with E-state index in [4.69, 9.17) is 14.2 Å². The minimum Gasteiger partial charge on any atom is -0.462 e. The number of benzene rings is 2. The summed E-state index contributed by atoms with van der Waals surface area (Å²) in [6.07, 6.45) is 0.720. The van der Waals surface area contributed by atoms with Crippen molar-refractivity contribution in [3.63, 3.8) is 0 Å². The summed E-state index contributed by atoms with van der Waals surface area (Å²) >= 11 is 0. The minimum absolute atomic E-state index is 0.0139. The van der Waals surface area contributed by atoms with Crippen LogP contribution in [-0.4, -0.2) is 125 Å². The maximum atomic E-state index is 13.9. The van der Waals surface area contributed by atoms with Crippen LogP contribution in [0.2, 0.25) is 0 Å². The van der Waals surface area contributed by atoms with Gasteiger partial charge >= 0.3 is 5.97 Å². The van der Waals surface area contributed by atoms with Gasteiger partial charge in [-0.2, -0.15) is 0 Å².